The summed E-state index contributed by atoms with van der Waals surface area (Å²) < 4.78 is 1.15. The van der Waals surface area contributed by atoms with E-state index in [-0.39, 0.29) is 12.0 Å². The fourth-order valence-corrected chi connectivity index (χ4v) is 2.37. The van der Waals surface area contributed by atoms with Gasteiger partial charge in [-0.3, -0.25) is 9.69 Å². The maximum absolute atomic E-state index is 11.8. The molecule has 1 saturated heterocycles. The molecule has 1 heterocycles. The molecule has 0 aromatic heterocycles. The highest BCUT2D eigenvalue weighted by Gasteiger charge is 2.18. The van der Waals surface area contributed by atoms with Crippen LogP contribution >= 0.6 is 22.6 Å². The van der Waals surface area contributed by atoms with Gasteiger partial charge in [0.25, 0.3) is 0 Å². The molecule has 0 atom stereocenters. The van der Waals surface area contributed by atoms with Gasteiger partial charge in [0.2, 0.25) is 5.91 Å². The van der Waals surface area contributed by atoms with E-state index in [0.29, 0.717) is 6.54 Å². The number of aliphatic hydroxyl groups is 1. The van der Waals surface area contributed by atoms with Crippen molar-refractivity contribution in [3.8, 4) is 0 Å². The summed E-state index contributed by atoms with van der Waals surface area (Å²) in [5.74, 6) is 0.00704. The van der Waals surface area contributed by atoms with E-state index in [4.69, 9.17) is 0 Å². The van der Waals surface area contributed by atoms with Gasteiger partial charge < -0.3 is 10.4 Å². The molecule has 1 aromatic carbocycles. The summed E-state index contributed by atoms with van der Waals surface area (Å²) in [7, 11) is 0. The molecule has 0 aliphatic carbocycles. The van der Waals surface area contributed by atoms with Crippen LogP contribution in [0.2, 0.25) is 0 Å². The average Bonchev–Trinajstić information content (AvgIpc) is 2.35. The second-order valence-corrected chi connectivity index (χ2v) is 5.81. The highest BCUT2D eigenvalue weighted by Crippen LogP contribution is 2.12. The number of hydrogen-bond acceptors (Lipinski definition) is 3. The van der Waals surface area contributed by atoms with Crippen molar-refractivity contribution in [2.45, 2.75) is 18.9 Å². The van der Waals surface area contributed by atoms with Gasteiger partial charge in [-0.15, -0.1) is 0 Å². The minimum atomic E-state index is -0.194. The lowest BCUT2D eigenvalue weighted by Crippen LogP contribution is -2.40. The van der Waals surface area contributed by atoms with Crippen LogP contribution < -0.4 is 5.32 Å². The van der Waals surface area contributed by atoms with Crippen molar-refractivity contribution in [2.75, 3.05) is 25.0 Å². The summed E-state index contributed by atoms with van der Waals surface area (Å²) in [5.41, 5.74) is 0.831. The fourth-order valence-electron chi connectivity index (χ4n) is 2.01. The van der Waals surface area contributed by atoms with Crippen LogP contribution in [0.15, 0.2) is 24.3 Å². The molecule has 5 heteroatoms. The maximum atomic E-state index is 11.8. The highest BCUT2D eigenvalue weighted by atomic mass is 127. The number of nitrogens with one attached hydrogen (secondary N) is 1. The molecule has 0 radical (unpaired) electrons. The zero-order chi connectivity index (χ0) is 13.0. The van der Waals surface area contributed by atoms with E-state index in [1.807, 2.05) is 24.3 Å². The predicted molar refractivity (Wildman–Crippen MR) is 79.5 cm³/mol. The number of anilines is 1. The van der Waals surface area contributed by atoms with E-state index in [1.54, 1.807) is 0 Å². The second-order valence-electron chi connectivity index (χ2n) is 4.56. The number of piperidine rings is 1. The Kier molecular flexibility index (Phi) is 4.96. The topological polar surface area (TPSA) is 52.6 Å². The molecule has 1 aliphatic heterocycles. The van der Waals surface area contributed by atoms with E-state index in [2.05, 4.69) is 32.8 Å². The number of nitrogens with zero attached hydrogens (tertiary/aromatic N) is 1. The minimum absolute atomic E-state index is 0.00704. The van der Waals surface area contributed by atoms with E-state index >= 15 is 0 Å². The van der Waals surface area contributed by atoms with Gasteiger partial charge in [-0.1, -0.05) is 0 Å². The Hall–Kier alpha value is -0.660. The van der Waals surface area contributed by atoms with Gasteiger partial charge in [-0.05, 0) is 59.7 Å². The molecule has 1 aromatic rings. The van der Waals surface area contributed by atoms with Gasteiger partial charge >= 0.3 is 0 Å². The Bertz CT molecular complexity index is 400. The van der Waals surface area contributed by atoms with Gasteiger partial charge in [0.15, 0.2) is 0 Å². The summed E-state index contributed by atoms with van der Waals surface area (Å²) in [4.78, 5) is 13.9. The SMILES string of the molecule is O=C(CN1CCC(O)CC1)Nc1ccc(I)cc1. The summed E-state index contributed by atoms with van der Waals surface area (Å²) in [6, 6.07) is 7.74. The zero-order valence-corrected chi connectivity index (χ0v) is 12.3. The molecule has 4 nitrogen and oxygen atoms in total. The molecule has 1 fully saturated rings. The summed E-state index contributed by atoms with van der Waals surface area (Å²) in [6.45, 7) is 1.99. The first-order chi connectivity index (χ1) is 8.63. The number of hydrogen-bond donors (Lipinski definition) is 2. The van der Waals surface area contributed by atoms with Gasteiger partial charge in [-0.2, -0.15) is 0 Å². The molecule has 0 bridgehead atoms. The Morgan fingerprint density at radius 2 is 1.94 bits per heavy atom. The normalized spacial score (nSPS) is 17.7. The molecule has 0 saturated carbocycles. The zero-order valence-electron chi connectivity index (χ0n) is 10.1. The van der Waals surface area contributed by atoms with Gasteiger partial charge in [0, 0.05) is 22.3 Å². The smallest absolute Gasteiger partial charge is 0.238 e. The van der Waals surface area contributed by atoms with Crippen LogP contribution in [-0.2, 0) is 4.79 Å². The quantitative estimate of drug-likeness (QED) is 0.807. The molecule has 2 N–H and O–H groups in total. The Morgan fingerprint density at radius 1 is 1.33 bits per heavy atom. The fraction of sp³-hybridized carbons (Fsp3) is 0.462. The number of carbonyl (C=O) groups excluding carboxylic acids is 1. The molecule has 0 unspecified atom stereocenters. The maximum Gasteiger partial charge on any atom is 0.238 e. The molecule has 1 aliphatic rings. The van der Waals surface area contributed by atoms with Crippen LogP contribution in [-0.4, -0.2) is 41.7 Å². The van der Waals surface area contributed by atoms with Crippen LogP contribution in [0.5, 0.6) is 0 Å². The first-order valence-electron chi connectivity index (χ1n) is 6.09. The Balaban J connectivity index is 1.80. The Labute approximate surface area is 121 Å². The first-order valence-corrected chi connectivity index (χ1v) is 7.17. The largest absolute Gasteiger partial charge is 0.393 e. The third kappa shape index (κ3) is 4.22. The number of rotatable bonds is 3. The number of carbonyl (C=O) groups is 1. The molecular weight excluding hydrogens is 343 g/mol. The Morgan fingerprint density at radius 3 is 2.56 bits per heavy atom. The minimum Gasteiger partial charge on any atom is -0.393 e. The monoisotopic (exact) mass is 360 g/mol. The molecule has 18 heavy (non-hydrogen) atoms. The lowest BCUT2D eigenvalue weighted by molar-refractivity contribution is -0.117. The van der Waals surface area contributed by atoms with Crippen molar-refractivity contribution in [2.24, 2.45) is 0 Å². The van der Waals surface area contributed by atoms with Gasteiger partial charge in [0.05, 0.1) is 12.6 Å². The predicted octanol–water partition coefficient (Wildman–Crippen LogP) is 1.69. The lowest BCUT2D eigenvalue weighted by Gasteiger charge is -2.28. The number of halogens is 1. The van der Waals surface area contributed by atoms with Crippen molar-refractivity contribution in [3.05, 3.63) is 27.8 Å². The van der Waals surface area contributed by atoms with E-state index in [9.17, 15) is 9.90 Å². The molecule has 98 valence electrons. The van der Waals surface area contributed by atoms with Crippen molar-refractivity contribution < 1.29 is 9.90 Å². The van der Waals surface area contributed by atoms with Crippen molar-refractivity contribution in [1.82, 2.24) is 4.90 Å². The lowest BCUT2D eigenvalue weighted by atomic mass is 10.1. The summed E-state index contributed by atoms with van der Waals surface area (Å²) in [6.07, 6.45) is 1.33. The van der Waals surface area contributed by atoms with Gasteiger partial charge in [-0.25, -0.2) is 0 Å². The highest BCUT2D eigenvalue weighted by molar-refractivity contribution is 14.1. The standard InChI is InChI=1S/C13H17IN2O2/c14-10-1-3-11(4-2-10)15-13(18)9-16-7-5-12(17)6-8-16/h1-4,12,17H,5-9H2,(H,15,18). The van der Waals surface area contributed by atoms with Crippen molar-refractivity contribution >= 4 is 34.2 Å². The van der Waals surface area contributed by atoms with Crippen LogP contribution in [0.1, 0.15) is 12.8 Å². The third-order valence-corrected chi connectivity index (χ3v) is 3.77. The average molecular weight is 360 g/mol. The summed E-state index contributed by atoms with van der Waals surface area (Å²) >= 11 is 2.23. The number of benzene rings is 1. The first kappa shape index (κ1) is 13.8. The molecule has 0 spiro atoms. The van der Waals surface area contributed by atoms with Crippen LogP contribution in [0.3, 0.4) is 0 Å². The van der Waals surface area contributed by atoms with Crippen molar-refractivity contribution in [1.29, 1.82) is 0 Å². The number of aliphatic hydroxyl groups excluding tert-OH is 1. The van der Waals surface area contributed by atoms with Crippen LogP contribution in [0, 0.1) is 3.57 Å². The third-order valence-electron chi connectivity index (χ3n) is 3.05. The van der Waals surface area contributed by atoms with E-state index in [0.717, 1.165) is 35.2 Å². The summed E-state index contributed by atoms with van der Waals surface area (Å²) in [5, 5.41) is 12.3. The second kappa shape index (κ2) is 6.49. The van der Waals surface area contributed by atoms with Gasteiger partial charge in [0.1, 0.15) is 0 Å². The molecular formula is C13H17IN2O2. The molecule has 2 rings (SSSR count). The van der Waals surface area contributed by atoms with Crippen molar-refractivity contribution in [3.63, 3.8) is 0 Å². The number of likely N-dealkylation sites (tertiary alicyclic amines) is 1. The van der Waals surface area contributed by atoms with E-state index in [1.165, 1.54) is 0 Å². The molecule has 1 amide bonds. The van der Waals surface area contributed by atoms with Crippen LogP contribution in [0.4, 0.5) is 5.69 Å². The van der Waals surface area contributed by atoms with Crippen LogP contribution in [0.25, 0.3) is 0 Å². The number of amides is 1. The van der Waals surface area contributed by atoms with E-state index < -0.39 is 0 Å².